The lowest BCUT2D eigenvalue weighted by molar-refractivity contribution is 0.00717. The molecule has 0 radical (unpaired) electrons. The number of ether oxygens (including phenoxy) is 3. The molecule has 4 nitrogen and oxygen atoms in total. The molecule has 134 valence electrons. The first-order valence-corrected chi connectivity index (χ1v) is 9.19. The van der Waals surface area contributed by atoms with Crippen molar-refractivity contribution in [2.45, 2.75) is 65.2 Å². The summed E-state index contributed by atoms with van der Waals surface area (Å²) in [5.74, 6) is 0.933. The van der Waals surface area contributed by atoms with Gasteiger partial charge in [-0.1, -0.05) is 58.8 Å². The Morgan fingerprint density at radius 3 is 1.86 bits per heavy atom. The third kappa shape index (κ3) is 16.2. The van der Waals surface area contributed by atoms with Crippen LogP contribution in [-0.2, 0) is 14.2 Å². The van der Waals surface area contributed by atoms with Gasteiger partial charge in [0.15, 0.2) is 0 Å². The van der Waals surface area contributed by atoms with Crippen LogP contribution in [0.3, 0.4) is 0 Å². The van der Waals surface area contributed by atoms with Crippen molar-refractivity contribution in [1.29, 1.82) is 0 Å². The molecule has 0 saturated carbocycles. The Morgan fingerprint density at radius 2 is 1.27 bits per heavy atom. The zero-order chi connectivity index (χ0) is 16.3. The van der Waals surface area contributed by atoms with E-state index >= 15 is 0 Å². The second-order valence-corrected chi connectivity index (χ2v) is 5.83. The molecule has 0 heterocycles. The molecule has 1 atom stereocenters. The molecule has 0 fully saturated rings. The molecule has 1 N–H and O–H groups in total. The molecule has 1 unspecified atom stereocenters. The van der Waals surface area contributed by atoms with E-state index in [1.54, 1.807) is 0 Å². The quantitative estimate of drug-likeness (QED) is 0.390. The maximum Gasteiger partial charge on any atom is 0.0701 e. The summed E-state index contributed by atoms with van der Waals surface area (Å²) in [5, 5.41) is 8.52. The Labute approximate surface area is 137 Å². The fraction of sp³-hybridized carbons (Fsp3) is 1.00. The van der Waals surface area contributed by atoms with Crippen molar-refractivity contribution >= 4 is 0 Å². The Hall–Kier alpha value is -0.160. The minimum atomic E-state index is 0.0702. The second kappa shape index (κ2) is 18.9. The maximum atomic E-state index is 8.52. The summed E-state index contributed by atoms with van der Waals surface area (Å²) >= 11 is 0. The van der Waals surface area contributed by atoms with Crippen LogP contribution in [0, 0.1) is 5.92 Å². The number of unbranched alkanes of at least 4 members (excludes halogenated alkanes) is 3. The van der Waals surface area contributed by atoms with Gasteiger partial charge < -0.3 is 19.3 Å². The van der Waals surface area contributed by atoms with Gasteiger partial charge >= 0.3 is 0 Å². The predicted octanol–water partition coefficient (Wildman–Crippen LogP) is 3.81. The van der Waals surface area contributed by atoms with Crippen LogP contribution in [0.2, 0.25) is 0 Å². The molecule has 0 aromatic carbocycles. The highest BCUT2D eigenvalue weighted by molar-refractivity contribution is 4.57. The van der Waals surface area contributed by atoms with Crippen LogP contribution in [0.15, 0.2) is 0 Å². The smallest absolute Gasteiger partial charge is 0.0701 e. The Kier molecular flexibility index (Phi) is 18.8. The number of rotatable bonds is 18. The topological polar surface area (TPSA) is 47.9 Å². The molecule has 0 aliphatic carbocycles. The van der Waals surface area contributed by atoms with E-state index in [1.165, 1.54) is 44.9 Å². The van der Waals surface area contributed by atoms with Gasteiger partial charge in [-0.05, 0) is 12.3 Å². The van der Waals surface area contributed by atoms with E-state index in [0.717, 1.165) is 18.9 Å². The number of aliphatic hydroxyl groups excluding tert-OH is 1. The molecule has 0 spiro atoms. The molecule has 0 aromatic rings. The third-order valence-corrected chi connectivity index (χ3v) is 3.92. The Balaban J connectivity index is 3.13. The van der Waals surface area contributed by atoms with Crippen molar-refractivity contribution in [2.75, 3.05) is 46.2 Å². The summed E-state index contributed by atoms with van der Waals surface area (Å²) in [7, 11) is 0. The van der Waals surface area contributed by atoms with Gasteiger partial charge in [0.2, 0.25) is 0 Å². The van der Waals surface area contributed by atoms with Crippen molar-refractivity contribution in [3.05, 3.63) is 0 Å². The molecular weight excluding hydrogens is 280 g/mol. The highest BCUT2D eigenvalue weighted by Crippen LogP contribution is 2.19. The summed E-state index contributed by atoms with van der Waals surface area (Å²) in [4.78, 5) is 0. The van der Waals surface area contributed by atoms with Crippen molar-refractivity contribution < 1.29 is 19.3 Å². The van der Waals surface area contributed by atoms with E-state index in [-0.39, 0.29) is 6.61 Å². The molecule has 0 aliphatic rings. The Bertz CT molecular complexity index is 200. The third-order valence-electron chi connectivity index (χ3n) is 3.92. The lowest BCUT2D eigenvalue weighted by Crippen LogP contribution is -2.11. The monoisotopic (exact) mass is 318 g/mol. The van der Waals surface area contributed by atoms with Gasteiger partial charge in [-0.25, -0.2) is 0 Å². The second-order valence-electron chi connectivity index (χ2n) is 5.83. The number of hydrogen-bond acceptors (Lipinski definition) is 4. The molecule has 0 rings (SSSR count). The fourth-order valence-corrected chi connectivity index (χ4v) is 2.47. The maximum absolute atomic E-state index is 8.52. The molecule has 4 heteroatoms. The highest BCUT2D eigenvalue weighted by atomic mass is 16.5. The van der Waals surface area contributed by atoms with Gasteiger partial charge in [-0.3, -0.25) is 0 Å². The number of aliphatic hydroxyl groups is 1. The summed E-state index contributed by atoms with van der Waals surface area (Å²) in [6.07, 6.45) is 10.6. The van der Waals surface area contributed by atoms with E-state index < -0.39 is 0 Å². The van der Waals surface area contributed by atoms with Gasteiger partial charge in [0, 0.05) is 6.61 Å². The predicted molar refractivity (Wildman–Crippen MR) is 91.3 cm³/mol. The molecule has 0 saturated heterocycles. The van der Waals surface area contributed by atoms with Crippen molar-refractivity contribution in [3.8, 4) is 0 Å². The van der Waals surface area contributed by atoms with Crippen LogP contribution >= 0.6 is 0 Å². The minimum absolute atomic E-state index is 0.0702. The normalized spacial score (nSPS) is 12.7. The standard InChI is InChI=1S/C18H38O4/c1-3-5-9-18(4-2)10-7-6-8-12-20-14-16-22-17-15-21-13-11-19/h18-19H,3-17H2,1-2H3. The SMILES string of the molecule is CCCCC(CC)CCCCCOCCOCCOCCO. The van der Waals surface area contributed by atoms with Gasteiger partial charge in [0.1, 0.15) is 0 Å². The Morgan fingerprint density at radius 1 is 0.682 bits per heavy atom. The molecule has 0 aliphatic heterocycles. The van der Waals surface area contributed by atoms with Crippen molar-refractivity contribution in [3.63, 3.8) is 0 Å². The van der Waals surface area contributed by atoms with Crippen LogP contribution in [0.25, 0.3) is 0 Å². The molecule has 22 heavy (non-hydrogen) atoms. The van der Waals surface area contributed by atoms with E-state index in [0.29, 0.717) is 33.0 Å². The first-order valence-electron chi connectivity index (χ1n) is 9.19. The zero-order valence-electron chi connectivity index (χ0n) is 14.9. The van der Waals surface area contributed by atoms with Crippen molar-refractivity contribution in [1.82, 2.24) is 0 Å². The first kappa shape index (κ1) is 21.8. The van der Waals surface area contributed by atoms with Crippen molar-refractivity contribution in [2.24, 2.45) is 5.92 Å². The van der Waals surface area contributed by atoms with E-state index in [1.807, 2.05) is 0 Å². The summed E-state index contributed by atoms with van der Waals surface area (Å²) in [5.41, 5.74) is 0. The zero-order valence-corrected chi connectivity index (χ0v) is 14.9. The molecular formula is C18H38O4. The highest BCUT2D eigenvalue weighted by Gasteiger charge is 2.04. The van der Waals surface area contributed by atoms with Crippen LogP contribution < -0.4 is 0 Å². The van der Waals surface area contributed by atoms with Crippen LogP contribution in [0.5, 0.6) is 0 Å². The summed E-state index contributed by atoms with van der Waals surface area (Å²) < 4.78 is 16.0. The molecule has 0 bridgehead atoms. The lowest BCUT2D eigenvalue weighted by Gasteiger charge is -2.13. The summed E-state index contributed by atoms with van der Waals surface area (Å²) in [6, 6.07) is 0. The van der Waals surface area contributed by atoms with E-state index in [4.69, 9.17) is 19.3 Å². The first-order chi connectivity index (χ1) is 10.8. The largest absolute Gasteiger partial charge is 0.394 e. The lowest BCUT2D eigenvalue weighted by atomic mass is 9.93. The van der Waals surface area contributed by atoms with E-state index in [2.05, 4.69) is 13.8 Å². The van der Waals surface area contributed by atoms with E-state index in [9.17, 15) is 0 Å². The van der Waals surface area contributed by atoms with Gasteiger partial charge in [0.05, 0.1) is 39.6 Å². The van der Waals surface area contributed by atoms with Gasteiger partial charge in [-0.15, -0.1) is 0 Å². The molecule has 0 amide bonds. The average molecular weight is 318 g/mol. The minimum Gasteiger partial charge on any atom is -0.394 e. The average Bonchev–Trinajstić information content (AvgIpc) is 2.54. The van der Waals surface area contributed by atoms with Gasteiger partial charge in [-0.2, -0.15) is 0 Å². The van der Waals surface area contributed by atoms with Crippen LogP contribution in [0.1, 0.15) is 65.2 Å². The molecule has 0 aromatic heterocycles. The van der Waals surface area contributed by atoms with Crippen LogP contribution in [0.4, 0.5) is 0 Å². The fourth-order valence-electron chi connectivity index (χ4n) is 2.47. The van der Waals surface area contributed by atoms with Crippen LogP contribution in [-0.4, -0.2) is 51.4 Å². The summed E-state index contributed by atoms with van der Waals surface area (Å²) in [6.45, 7) is 8.28. The number of hydrogen-bond donors (Lipinski definition) is 1. The van der Waals surface area contributed by atoms with Gasteiger partial charge in [0.25, 0.3) is 0 Å².